The van der Waals surface area contributed by atoms with Crippen LogP contribution in [0.15, 0.2) is 29.2 Å². The van der Waals surface area contributed by atoms with Crippen molar-refractivity contribution in [1.82, 2.24) is 4.31 Å². The summed E-state index contributed by atoms with van der Waals surface area (Å²) >= 11 is 2.28. The van der Waals surface area contributed by atoms with Crippen LogP contribution in [0.2, 0.25) is 0 Å². The number of ether oxygens (including phenoxy) is 1. The van der Waals surface area contributed by atoms with E-state index in [1.54, 1.807) is 24.3 Å². The highest BCUT2D eigenvalue weighted by Gasteiger charge is 2.45. The number of aryl methyl sites for hydroxylation is 1. The van der Waals surface area contributed by atoms with E-state index in [2.05, 4.69) is 22.6 Å². The Morgan fingerprint density at radius 2 is 1.91 bits per heavy atom. The minimum Gasteiger partial charge on any atom is -0.460 e. The number of halogens is 1. The van der Waals surface area contributed by atoms with Gasteiger partial charge in [-0.1, -0.05) is 40.3 Å². The van der Waals surface area contributed by atoms with Gasteiger partial charge in [0.05, 0.1) is 14.9 Å². The highest BCUT2D eigenvalue weighted by atomic mass is 127. The highest BCUT2D eigenvalue weighted by Crippen LogP contribution is 2.35. The maximum atomic E-state index is 13.0. The molecule has 0 spiro atoms. The smallest absolute Gasteiger partial charge is 0.306 e. The lowest BCUT2D eigenvalue weighted by atomic mass is 10.0. The second-order valence-electron chi connectivity index (χ2n) is 6.15. The Hall–Kier alpha value is -0.670. The van der Waals surface area contributed by atoms with E-state index in [1.807, 2.05) is 6.92 Å². The molecular weight excluding hydrogens is 429 g/mol. The van der Waals surface area contributed by atoms with Gasteiger partial charge in [0.15, 0.2) is 0 Å². The number of benzene rings is 1. The molecule has 5 nitrogen and oxygen atoms in total. The van der Waals surface area contributed by atoms with Crippen LogP contribution in [0.4, 0.5) is 0 Å². The molecule has 1 aromatic rings. The maximum Gasteiger partial charge on any atom is 0.306 e. The van der Waals surface area contributed by atoms with Gasteiger partial charge in [-0.05, 0) is 38.3 Å². The number of rotatable bonds is 3. The van der Waals surface area contributed by atoms with Crippen LogP contribution in [0, 0.1) is 6.92 Å². The molecule has 7 heteroatoms. The van der Waals surface area contributed by atoms with E-state index in [0.29, 0.717) is 17.9 Å². The van der Waals surface area contributed by atoms with E-state index in [9.17, 15) is 13.2 Å². The van der Waals surface area contributed by atoms with Gasteiger partial charge in [-0.15, -0.1) is 0 Å². The quantitative estimate of drug-likeness (QED) is 0.405. The Kier molecular flexibility index (Phi) is 4.98. The van der Waals surface area contributed by atoms with Crippen molar-refractivity contribution in [2.45, 2.75) is 53.6 Å². The molecule has 0 bridgehead atoms. The summed E-state index contributed by atoms with van der Waals surface area (Å²) in [5.74, 6) is -0.220. The van der Waals surface area contributed by atoms with Crippen molar-refractivity contribution in [2.75, 3.05) is 6.54 Å². The average molecular weight is 449 g/mol. The van der Waals surface area contributed by atoms with Crippen LogP contribution < -0.4 is 0 Å². The van der Waals surface area contributed by atoms with Crippen molar-refractivity contribution < 1.29 is 17.9 Å². The predicted molar refractivity (Wildman–Crippen MR) is 95.0 cm³/mol. The molecule has 1 aromatic carbocycles. The first-order valence-electron chi connectivity index (χ1n) is 7.81. The fourth-order valence-electron chi connectivity index (χ4n) is 3.26. The molecule has 0 unspecified atom stereocenters. The van der Waals surface area contributed by atoms with Gasteiger partial charge in [-0.2, -0.15) is 4.31 Å². The zero-order valence-corrected chi connectivity index (χ0v) is 15.9. The Morgan fingerprint density at radius 1 is 1.22 bits per heavy atom. The largest absolute Gasteiger partial charge is 0.460 e. The molecule has 0 N–H and O–H groups in total. The molecule has 2 aliphatic heterocycles. The standard InChI is InChI=1S/C16H20INO4S/c1-11-4-6-12(7-5-11)23(20,21)18-10-2-3-14(18)16-13(17)8-9-15(19)22-16/h4-7,13-14,16H,2-3,8-10H2,1H3/t13-,14+,16-/m0/s1. The predicted octanol–water partition coefficient (Wildman–Crippen LogP) is 2.66. The molecule has 2 heterocycles. The van der Waals surface area contributed by atoms with Crippen molar-refractivity contribution in [3.63, 3.8) is 0 Å². The van der Waals surface area contributed by atoms with Crippen LogP contribution in [0.3, 0.4) is 0 Å². The Bertz CT molecular complexity index is 689. The number of sulfonamides is 1. The average Bonchev–Trinajstić information content (AvgIpc) is 3.00. The molecule has 23 heavy (non-hydrogen) atoms. The molecule has 0 saturated carbocycles. The minimum atomic E-state index is -3.56. The second-order valence-corrected chi connectivity index (χ2v) is 9.64. The van der Waals surface area contributed by atoms with Crippen molar-refractivity contribution in [1.29, 1.82) is 0 Å². The number of carbonyl (C=O) groups excluding carboxylic acids is 1. The lowest BCUT2D eigenvalue weighted by Gasteiger charge is -2.35. The van der Waals surface area contributed by atoms with Gasteiger partial charge in [0.2, 0.25) is 10.0 Å². The first kappa shape index (κ1) is 17.2. The van der Waals surface area contributed by atoms with E-state index < -0.39 is 10.0 Å². The molecule has 2 aliphatic rings. The number of hydrogen-bond acceptors (Lipinski definition) is 4. The van der Waals surface area contributed by atoms with Gasteiger partial charge in [0.25, 0.3) is 0 Å². The minimum absolute atomic E-state index is 0.157. The normalized spacial score (nSPS) is 29.5. The zero-order chi connectivity index (χ0) is 16.6. The SMILES string of the molecule is Cc1ccc(S(=O)(=O)N2CCC[C@@H]2[C@H]2OC(=O)CC[C@@H]2I)cc1. The Morgan fingerprint density at radius 3 is 2.61 bits per heavy atom. The van der Waals surface area contributed by atoms with Crippen LogP contribution in [0.5, 0.6) is 0 Å². The van der Waals surface area contributed by atoms with Gasteiger partial charge >= 0.3 is 5.97 Å². The second kappa shape index (κ2) is 6.68. The molecule has 0 amide bonds. The van der Waals surface area contributed by atoms with E-state index in [0.717, 1.165) is 24.8 Å². The maximum absolute atomic E-state index is 13.0. The number of esters is 1. The van der Waals surface area contributed by atoms with Crippen molar-refractivity contribution in [2.24, 2.45) is 0 Å². The Labute approximate surface area is 150 Å². The molecular formula is C16H20INO4S. The van der Waals surface area contributed by atoms with Gasteiger partial charge in [-0.3, -0.25) is 4.79 Å². The van der Waals surface area contributed by atoms with Crippen molar-refractivity contribution in [3.05, 3.63) is 29.8 Å². The molecule has 0 radical (unpaired) electrons. The third-order valence-electron chi connectivity index (χ3n) is 4.50. The first-order valence-corrected chi connectivity index (χ1v) is 10.5. The number of nitrogens with zero attached hydrogens (tertiary/aromatic N) is 1. The van der Waals surface area contributed by atoms with Crippen LogP contribution in [-0.2, 0) is 19.6 Å². The summed E-state index contributed by atoms with van der Waals surface area (Å²) in [5, 5.41) is 0. The van der Waals surface area contributed by atoms with Crippen LogP contribution in [0.1, 0.15) is 31.2 Å². The molecule has 2 saturated heterocycles. The summed E-state index contributed by atoms with van der Waals surface area (Å²) in [7, 11) is -3.56. The third kappa shape index (κ3) is 3.41. The van der Waals surface area contributed by atoms with Crippen LogP contribution in [-0.4, -0.2) is 41.3 Å². The van der Waals surface area contributed by atoms with Gasteiger partial charge in [-0.25, -0.2) is 8.42 Å². The molecule has 0 aliphatic carbocycles. The van der Waals surface area contributed by atoms with E-state index in [1.165, 1.54) is 4.31 Å². The molecule has 3 rings (SSSR count). The topological polar surface area (TPSA) is 63.7 Å². The Balaban J connectivity index is 1.88. The molecule has 0 aromatic heterocycles. The van der Waals surface area contributed by atoms with Crippen molar-refractivity contribution >= 4 is 38.6 Å². The number of alkyl halides is 1. The summed E-state index contributed by atoms with van der Waals surface area (Å²) in [6.45, 7) is 2.41. The molecule has 126 valence electrons. The fourth-order valence-corrected chi connectivity index (χ4v) is 5.90. The zero-order valence-electron chi connectivity index (χ0n) is 12.9. The number of carbonyl (C=O) groups is 1. The monoisotopic (exact) mass is 449 g/mol. The lowest BCUT2D eigenvalue weighted by Crippen LogP contribution is -2.49. The summed E-state index contributed by atoms with van der Waals surface area (Å²) < 4.78 is 33.1. The van der Waals surface area contributed by atoms with Crippen molar-refractivity contribution in [3.8, 4) is 0 Å². The summed E-state index contributed by atoms with van der Waals surface area (Å²) in [6, 6.07) is 6.65. The van der Waals surface area contributed by atoms with Gasteiger partial charge in [0.1, 0.15) is 6.10 Å². The molecule has 3 atom stereocenters. The summed E-state index contributed by atoms with van der Waals surface area (Å²) in [6.07, 6.45) is 2.36. The van der Waals surface area contributed by atoms with E-state index in [4.69, 9.17) is 4.74 Å². The van der Waals surface area contributed by atoms with Crippen LogP contribution >= 0.6 is 22.6 Å². The van der Waals surface area contributed by atoms with E-state index in [-0.39, 0.29) is 22.0 Å². The van der Waals surface area contributed by atoms with E-state index >= 15 is 0 Å². The lowest BCUT2D eigenvalue weighted by molar-refractivity contribution is -0.155. The van der Waals surface area contributed by atoms with Gasteiger partial charge in [0, 0.05) is 13.0 Å². The molecule has 2 fully saturated rings. The summed E-state index contributed by atoms with van der Waals surface area (Å²) in [4.78, 5) is 12.0. The third-order valence-corrected chi connectivity index (χ3v) is 7.77. The van der Waals surface area contributed by atoms with Gasteiger partial charge < -0.3 is 4.74 Å². The first-order chi connectivity index (χ1) is 10.9. The summed E-state index contributed by atoms with van der Waals surface area (Å²) in [5.41, 5.74) is 1.02. The number of cyclic esters (lactones) is 1. The fraction of sp³-hybridized carbons (Fsp3) is 0.562. The number of hydrogen-bond donors (Lipinski definition) is 0. The van der Waals surface area contributed by atoms with Crippen LogP contribution in [0.25, 0.3) is 0 Å². The highest BCUT2D eigenvalue weighted by molar-refractivity contribution is 14.1.